The van der Waals surface area contributed by atoms with E-state index in [2.05, 4.69) is 4.72 Å². The van der Waals surface area contributed by atoms with Gasteiger partial charge >= 0.3 is 0 Å². The predicted octanol–water partition coefficient (Wildman–Crippen LogP) is 2.05. The molecule has 0 unspecified atom stereocenters. The number of methoxy groups -OCH3 is 1. The molecule has 0 radical (unpaired) electrons. The molecule has 1 aliphatic heterocycles. The molecular formula is C19H23N3O6S. The Labute approximate surface area is 169 Å². The van der Waals surface area contributed by atoms with E-state index in [1.807, 2.05) is 24.3 Å². The smallest absolute Gasteiger partial charge is 0.269 e. The number of hydroxylamine groups is 2. The van der Waals surface area contributed by atoms with Crippen LogP contribution in [0.1, 0.15) is 17.2 Å². The highest BCUT2D eigenvalue weighted by Crippen LogP contribution is 2.34. The number of para-hydroxylation sites is 1. The van der Waals surface area contributed by atoms with Gasteiger partial charge in [-0.05, 0) is 23.6 Å². The van der Waals surface area contributed by atoms with Gasteiger partial charge in [0.25, 0.3) is 5.69 Å². The second kappa shape index (κ2) is 8.87. The summed E-state index contributed by atoms with van der Waals surface area (Å²) in [6.45, 7) is 0.165. The third kappa shape index (κ3) is 4.73. The number of nitro benzene ring substituents is 1. The Kier molecular flexibility index (Phi) is 6.48. The molecule has 29 heavy (non-hydrogen) atoms. The molecule has 2 atom stereocenters. The molecule has 1 aliphatic rings. The number of nitro groups is 1. The molecule has 0 aliphatic carbocycles. The fraction of sp³-hybridized carbons (Fsp3) is 0.368. The van der Waals surface area contributed by atoms with Crippen molar-refractivity contribution in [3.63, 3.8) is 0 Å². The van der Waals surface area contributed by atoms with Crippen molar-refractivity contribution in [2.45, 2.75) is 17.7 Å². The highest BCUT2D eigenvalue weighted by molar-refractivity contribution is 7.90. The minimum atomic E-state index is -3.74. The summed E-state index contributed by atoms with van der Waals surface area (Å²) in [6, 6.07) is 12.7. The summed E-state index contributed by atoms with van der Waals surface area (Å²) in [7, 11) is -0.554. The fourth-order valence-corrected chi connectivity index (χ4v) is 4.96. The topological polar surface area (TPSA) is 111 Å². The molecule has 3 rings (SSSR count). The van der Waals surface area contributed by atoms with Gasteiger partial charge in [-0.1, -0.05) is 30.3 Å². The van der Waals surface area contributed by atoms with Crippen LogP contribution in [0, 0.1) is 10.1 Å². The van der Waals surface area contributed by atoms with Crippen LogP contribution in [0.4, 0.5) is 5.69 Å². The predicted molar refractivity (Wildman–Crippen MR) is 107 cm³/mol. The molecule has 10 heteroatoms. The average molecular weight is 421 g/mol. The Hall–Kier alpha value is -2.53. The van der Waals surface area contributed by atoms with Crippen molar-refractivity contribution in [3.8, 4) is 5.75 Å². The number of ether oxygens (including phenoxy) is 1. The molecule has 1 N–H and O–H groups in total. The minimum Gasteiger partial charge on any atom is -0.496 e. The van der Waals surface area contributed by atoms with E-state index in [-0.39, 0.29) is 18.8 Å². The quantitative estimate of drug-likeness (QED) is 0.513. The number of non-ortho nitro benzene ring substituents is 1. The van der Waals surface area contributed by atoms with Crippen molar-refractivity contribution in [1.29, 1.82) is 0 Å². The summed E-state index contributed by atoms with van der Waals surface area (Å²) in [5.41, 5.74) is 1.31. The van der Waals surface area contributed by atoms with E-state index in [1.54, 1.807) is 26.3 Å². The third-order valence-corrected chi connectivity index (χ3v) is 6.70. The van der Waals surface area contributed by atoms with Gasteiger partial charge in [-0.15, -0.1) is 0 Å². The van der Waals surface area contributed by atoms with Crippen molar-refractivity contribution in [2.75, 3.05) is 27.3 Å². The van der Waals surface area contributed by atoms with Gasteiger partial charge in [-0.25, -0.2) is 13.1 Å². The van der Waals surface area contributed by atoms with E-state index >= 15 is 0 Å². The molecule has 1 heterocycles. The first-order valence-electron chi connectivity index (χ1n) is 9.04. The van der Waals surface area contributed by atoms with E-state index in [0.29, 0.717) is 17.7 Å². The lowest BCUT2D eigenvalue weighted by atomic mass is 10.0. The number of nitrogens with one attached hydrogen (secondary N) is 1. The minimum absolute atomic E-state index is 0.0339. The lowest BCUT2D eigenvalue weighted by Crippen LogP contribution is -2.40. The van der Waals surface area contributed by atoms with Gasteiger partial charge in [-0.2, -0.15) is 5.06 Å². The average Bonchev–Trinajstić information content (AvgIpc) is 3.10. The second-order valence-corrected chi connectivity index (χ2v) is 8.66. The maximum atomic E-state index is 12.9. The highest BCUT2D eigenvalue weighted by Gasteiger charge is 2.43. The van der Waals surface area contributed by atoms with Crippen LogP contribution in [0.3, 0.4) is 0 Å². The van der Waals surface area contributed by atoms with Gasteiger partial charge in [0.2, 0.25) is 10.0 Å². The van der Waals surface area contributed by atoms with Crippen molar-refractivity contribution >= 4 is 15.7 Å². The van der Waals surface area contributed by atoms with Crippen molar-refractivity contribution in [2.24, 2.45) is 0 Å². The molecule has 9 nitrogen and oxygen atoms in total. The molecular weight excluding hydrogens is 398 g/mol. The molecule has 0 aromatic heterocycles. The number of benzene rings is 2. The summed E-state index contributed by atoms with van der Waals surface area (Å²) < 4.78 is 33.8. The number of sulfonamides is 1. The van der Waals surface area contributed by atoms with E-state index in [4.69, 9.17) is 9.57 Å². The van der Waals surface area contributed by atoms with Gasteiger partial charge < -0.3 is 4.74 Å². The molecule has 1 fully saturated rings. The summed E-state index contributed by atoms with van der Waals surface area (Å²) in [5.74, 6) is 0.699. The van der Waals surface area contributed by atoms with E-state index in [1.165, 1.54) is 17.2 Å². The van der Waals surface area contributed by atoms with E-state index in [9.17, 15) is 18.5 Å². The largest absolute Gasteiger partial charge is 0.496 e. The summed E-state index contributed by atoms with van der Waals surface area (Å²) >= 11 is 0. The third-order valence-electron chi connectivity index (χ3n) is 4.90. The Bertz CT molecular complexity index is 981. The van der Waals surface area contributed by atoms with E-state index < -0.39 is 26.2 Å². The maximum Gasteiger partial charge on any atom is 0.269 e. The van der Waals surface area contributed by atoms with Crippen LogP contribution in [-0.2, 0) is 21.3 Å². The lowest BCUT2D eigenvalue weighted by Gasteiger charge is -2.23. The molecule has 0 bridgehead atoms. The van der Waals surface area contributed by atoms with Crippen molar-refractivity contribution in [3.05, 3.63) is 69.8 Å². The maximum absolute atomic E-state index is 12.9. The first-order chi connectivity index (χ1) is 13.8. The Morgan fingerprint density at radius 3 is 2.76 bits per heavy atom. The summed E-state index contributed by atoms with van der Waals surface area (Å²) in [4.78, 5) is 16.0. The van der Waals surface area contributed by atoms with Crippen LogP contribution < -0.4 is 9.46 Å². The van der Waals surface area contributed by atoms with Crippen LogP contribution in [0.2, 0.25) is 0 Å². The Balaban J connectivity index is 1.75. The molecule has 156 valence electrons. The van der Waals surface area contributed by atoms with Gasteiger partial charge in [0.1, 0.15) is 11.0 Å². The van der Waals surface area contributed by atoms with Crippen LogP contribution in [0.15, 0.2) is 48.5 Å². The second-order valence-electron chi connectivity index (χ2n) is 6.68. The molecule has 0 spiro atoms. The molecule has 0 amide bonds. The standard InChI is InChI=1S/C19H23N3O6S/c1-21-19(15-7-5-8-16(12-15)22(23)24)18(13-28-21)29(25,26)20-11-10-14-6-3-4-9-17(14)27-2/h3-9,12,18-20H,10-11,13H2,1-2H3/t18-,19+/m1/s1. The van der Waals surface area contributed by atoms with E-state index in [0.717, 1.165) is 5.56 Å². The number of hydrogen-bond acceptors (Lipinski definition) is 7. The van der Waals surface area contributed by atoms with Crippen LogP contribution in [-0.4, -0.2) is 51.0 Å². The zero-order valence-corrected chi connectivity index (χ0v) is 17.0. The molecule has 2 aromatic rings. The van der Waals surface area contributed by atoms with Gasteiger partial charge in [0.05, 0.1) is 24.7 Å². The van der Waals surface area contributed by atoms with Gasteiger partial charge in [-0.3, -0.25) is 15.0 Å². The van der Waals surface area contributed by atoms with Crippen LogP contribution >= 0.6 is 0 Å². The van der Waals surface area contributed by atoms with Gasteiger partial charge in [0, 0.05) is 25.7 Å². The Morgan fingerprint density at radius 1 is 1.28 bits per heavy atom. The normalized spacial score (nSPS) is 19.9. The number of rotatable bonds is 8. The first kappa shape index (κ1) is 21.2. The zero-order chi connectivity index (χ0) is 21.0. The summed E-state index contributed by atoms with van der Waals surface area (Å²) in [5, 5.41) is 11.6. The SMILES string of the molecule is COc1ccccc1CCNS(=O)(=O)[C@@H]1CON(C)[C@H]1c1cccc([N+](=O)[O-])c1. The van der Waals surface area contributed by atoms with Crippen molar-refractivity contribution < 1.29 is 22.9 Å². The first-order valence-corrected chi connectivity index (χ1v) is 10.6. The number of hydrogen-bond donors (Lipinski definition) is 1. The fourth-order valence-electron chi connectivity index (χ4n) is 3.45. The van der Waals surface area contributed by atoms with Gasteiger partial charge in [0.15, 0.2) is 0 Å². The molecule has 1 saturated heterocycles. The monoisotopic (exact) mass is 421 g/mol. The zero-order valence-electron chi connectivity index (χ0n) is 16.1. The molecule has 0 saturated carbocycles. The van der Waals surface area contributed by atoms with Crippen LogP contribution in [0.5, 0.6) is 5.75 Å². The molecule has 2 aromatic carbocycles. The summed E-state index contributed by atoms with van der Waals surface area (Å²) in [6.07, 6.45) is 0.466. The highest BCUT2D eigenvalue weighted by atomic mass is 32.2. The van der Waals surface area contributed by atoms with Crippen LogP contribution in [0.25, 0.3) is 0 Å². The van der Waals surface area contributed by atoms with Crippen molar-refractivity contribution in [1.82, 2.24) is 9.79 Å². The lowest BCUT2D eigenvalue weighted by molar-refractivity contribution is -0.385. The number of nitrogens with zero attached hydrogens (tertiary/aromatic N) is 2. The Morgan fingerprint density at radius 2 is 2.03 bits per heavy atom.